The molecule has 5 heteroatoms. The number of aromatic nitrogens is 1. The molecule has 0 saturated heterocycles. The van der Waals surface area contributed by atoms with E-state index in [2.05, 4.69) is 4.98 Å². The Labute approximate surface area is 101 Å². The van der Waals surface area contributed by atoms with Crippen LogP contribution in [0.25, 0.3) is 0 Å². The van der Waals surface area contributed by atoms with E-state index in [1.165, 1.54) is 12.8 Å². The quantitative estimate of drug-likeness (QED) is 0.810. The van der Waals surface area contributed by atoms with E-state index in [4.69, 9.17) is 11.5 Å². The molecule has 1 saturated carbocycles. The number of carbonyl (C=O) groups is 1. The lowest BCUT2D eigenvalue weighted by molar-refractivity contribution is -0.116. The minimum Gasteiger partial charge on any atom is -0.396 e. The van der Waals surface area contributed by atoms with Gasteiger partial charge in [-0.15, -0.1) is 0 Å². The molecule has 2 rings (SSSR count). The highest BCUT2D eigenvalue weighted by molar-refractivity contribution is 5.80. The molecule has 0 spiro atoms. The summed E-state index contributed by atoms with van der Waals surface area (Å²) in [6.45, 7) is 0.186. The van der Waals surface area contributed by atoms with Gasteiger partial charge in [0, 0.05) is 12.2 Å². The number of nitrogens with two attached hydrogens (primary N) is 2. The zero-order chi connectivity index (χ0) is 12.3. The van der Waals surface area contributed by atoms with E-state index in [1.54, 1.807) is 18.3 Å². The van der Waals surface area contributed by atoms with E-state index in [0.717, 1.165) is 12.8 Å². The lowest BCUT2D eigenvalue weighted by Gasteiger charge is -2.29. The van der Waals surface area contributed by atoms with Crippen molar-refractivity contribution in [1.29, 1.82) is 0 Å². The maximum Gasteiger partial charge on any atom is 0.237 e. The Morgan fingerprint density at radius 3 is 2.76 bits per heavy atom. The lowest BCUT2D eigenvalue weighted by Crippen LogP contribution is -2.41. The van der Waals surface area contributed by atoms with Gasteiger partial charge in [0.1, 0.15) is 0 Å². The molecule has 1 heterocycles. The van der Waals surface area contributed by atoms with Crippen LogP contribution < -0.4 is 16.4 Å². The van der Waals surface area contributed by atoms with Crippen molar-refractivity contribution in [3.8, 4) is 0 Å². The number of pyridine rings is 1. The molecule has 1 aliphatic rings. The fourth-order valence-electron chi connectivity index (χ4n) is 2.41. The van der Waals surface area contributed by atoms with Gasteiger partial charge in [0.2, 0.25) is 5.91 Å². The summed E-state index contributed by atoms with van der Waals surface area (Å²) in [5.74, 6) is 0.333. The van der Waals surface area contributed by atoms with Crippen LogP contribution in [0.5, 0.6) is 0 Å². The number of nitrogens with zero attached hydrogens (tertiary/aromatic N) is 2. The summed E-state index contributed by atoms with van der Waals surface area (Å²) in [6.07, 6.45) is 6.21. The molecule has 0 atom stereocenters. The van der Waals surface area contributed by atoms with Crippen molar-refractivity contribution in [3.05, 3.63) is 18.3 Å². The van der Waals surface area contributed by atoms with E-state index >= 15 is 0 Å². The molecule has 4 N–H and O–H groups in total. The van der Waals surface area contributed by atoms with E-state index in [0.29, 0.717) is 17.5 Å². The van der Waals surface area contributed by atoms with Crippen LogP contribution in [0, 0.1) is 0 Å². The highest BCUT2D eigenvalue weighted by Crippen LogP contribution is 2.29. The number of primary amides is 1. The van der Waals surface area contributed by atoms with Crippen LogP contribution >= 0.6 is 0 Å². The third kappa shape index (κ3) is 2.67. The van der Waals surface area contributed by atoms with Gasteiger partial charge in [0.25, 0.3) is 0 Å². The van der Waals surface area contributed by atoms with Gasteiger partial charge in [0.05, 0.1) is 12.2 Å². The molecule has 0 radical (unpaired) electrons. The molecular formula is C12H18N4O. The van der Waals surface area contributed by atoms with Crippen molar-refractivity contribution in [2.24, 2.45) is 5.73 Å². The van der Waals surface area contributed by atoms with Crippen LogP contribution in [-0.4, -0.2) is 23.5 Å². The molecule has 17 heavy (non-hydrogen) atoms. The van der Waals surface area contributed by atoms with E-state index in [-0.39, 0.29) is 12.5 Å². The number of hydrogen-bond donors (Lipinski definition) is 2. The smallest absolute Gasteiger partial charge is 0.237 e. The normalized spacial score (nSPS) is 16.0. The minimum atomic E-state index is -0.345. The van der Waals surface area contributed by atoms with Crippen LogP contribution in [-0.2, 0) is 4.79 Å². The van der Waals surface area contributed by atoms with Crippen molar-refractivity contribution in [1.82, 2.24) is 4.98 Å². The zero-order valence-corrected chi connectivity index (χ0v) is 9.80. The predicted octanol–water partition coefficient (Wildman–Crippen LogP) is 0.898. The Kier molecular flexibility index (Phi) is 3.46. The average Bonchev–Trinajstić information content (AvgIpc) is 2.80. The second-order valence-corrected chi connectivity index (χ2v) is 4.45. The van der Waals surface area contributed by atoms with Crippen LogP contribution in [0.1, 0.15) is 25.7 Å². The van der Waals surface area contributed by atoms with Gasteiger partial charge in [-0.25, -0.2) is 4.98 Å². The second kappa shape index (κ2) is 5.03. The first kappa shape index (κ1) is 11.7. The summed E-state index contributed by atoms with van der Waals surface area (Å²) in [7, 11) is 0. The van der Waals surface area contributed by atoms with Gasteiger partial charge in [-0.2, -0.15) is 0 Å². The molecule has 0 unspecified atom stereocenters. The minimum absolute atomic E-state index is 0.186. The number of anilines is 2. The van der Waals surface area contributed by atoms with Gasteiger partial charge >= 0.3 is 0 Å². The topological polar surface area (TPSA) is 85.2 Å². The molecule has 0 aliphatic heterocycles. The number of hydrogen-bond acceptors (Lipinski definition) is 4. The summed E-state index contributed by atoms with van der Waals surface area (Å²) in [5, 5.41) is 0. The van der Waals surface area contributed by atoms with Crippen LogP contribution in [0.2, 0.25) is 0 Å². The van der Waals surface area contributed by atoms with Crippen molar-refractivity contribution in [2.45, 2.75) is 31.7 Å². The first-order valence-corrected chi connectivity index (χ1v) is 5.94. The zero-order valence-electron chi connectivity index (χ0n) is 9.80. The summed E-state index contributed by atoms with van der Waals surface area (Å²) in [5.41, 5.74) is 11.8. The molecular weight excluding hydrogens is 216 g/mol. The predicted molar refractivity (Wildman–Crippen MR) is 67.4 cm³/mol. The number of carbonyl (C=O) groups excluding carboxylic acids is 1. The van der Waals surface area contributed by atoms with Crippen LogP contribution in [0.4, 0.5) is 11.5 Å². The van der Waals surface area contributed by atoms with Gasteiger partial charge in [-0.3, -0.25) is 4.79 Å². The Morgan fingerprint density at radius 2 is 2.18 bits per heavy atom. The van der Waals surface area contributed by atoms with Gasteiger partial charge in [-0.05, 0) is 25.0 Å². The molecule has 0 bridgehead atoms. The number of amides is 1. The highest BCUT2D eigenvalue weighted by Gasteiger charge is 2.25. The summed E-state index contributed by atoms with van der Waals surface area (Å²) in [4.78, 5) is 17.4. The lowest BCUT2D eigenvalue weighted by atomic mass is 10.2. The fourth-order valence-corrected chi connectivity index (χ4v) is 2.41. The van der Waals surface area contributed by atoms with Crippen molar-refractivity contribution in [2.75, 3.05) is 17.2 Å². The van der Waals surface area contributed by atoms with Crippen LogP contribution in [0.15, 0.2) is 18.3 Å². The third-order valence-corrected chi connectivity index (χ3v) is 3.18. The molecule has 1 fully saturated rings. The van der Waals surface area contributed by atoms with E-state index < -0.39 is 0 Å². The molecule has 1 aliphatic carbocycles. The average molecular weight is 234 g/mol. The molecule has 1 aromatic heterocycles. The number of nitrogen functional groups attached to an aromatic ring is 1. The highest BCUT2D eigenvalue weighted by atomic mass is 16.1. The van der Waals surface area contributed by atoms with Gasteiger partial charge in [-0.1, -0.05) is 12.8 Å². The monoisotopic (exact) mass is 234 g/mol. The standard InChI is InChI=1S/C12H18N4O/c13-10-6-3-7-15-12(10)16(8-11(14)17)9-4-1-2-5-9/h3,6-7,9H,1-2,4-5,8,13H2,(H2,14,17). The Balaban J connectivity index is 2.25. The van der Waals surface area contributed by atoms with Crippen LogP contribution in [0.3, 0.4) is 0 Å². The van der Waals surface area contributed by atoms with Crippen molar-refractivity contribution >= 4 is 17.4 Å². The van der Waals surface area contributed by atoms with Crippen molar-refractivity contribution < 1.29 is 4.79 Å². The summed E-state index contributed by atoms with van der Waals surface area (Å²) in [6, 6.07) is 3.92. The first-order valence-electron chi connectivity index (χ1n) is 5.94. The summed E-state index contributed by atoms with van der Waals surface area (Å²) >= 11 is 0. The van der Waals surface area contributed by atoms with Gasteiger partial charge in [0.15, 0.2) is 5.82 Å². The maximum absolute atomic E-state index is 11.2. The molecule has 5 nitrogen and oxygen atoms in total. The van der Waals surface area contributed by atoms with E-state index in [1.807, 2.05) is 4.90 Å². The second-order valence-electron chi connectivity index (χ2n) is 4.45. The largest absolute Gasteiger partial charge is 0.396 e. The molecule has 1 amide bonds. The molecule has 0 aromatic carbocycles. The SMILES string of the molecule is NC(=O)CN(c1ncccc1N)C1CCCC1. The van der Waals surface area contributed by atoms with Gasteiger partial charge < -0.3 is 16.4 Å². The Bertz CT molecular complexity index is 401. The maximum atomic E-state index is 11.2. The molecule has 1 aromatic rings. The molecule has 92 valence electrons. The number of rotatable bonds is 4. The third-order valence-electron chi connectivity index (χ3n) is 3.18. The van der Waals surface area contributed by atoms with E-state index in [9.17, 15) is 4.79 Å². The Hall–Kier alpha value is -1.78. The van der Waals surface area contributed by atoms with Crippen molar-refractivity contribution in [3.63, 3.8) is 0 Å². The fraction of sp³-hybridized carbons (Fsp3) is 0.500. The summed E-state index contributed by atoms with van der Waals surface area (Å²) < 4.78 is 0. The Morgan fingerprint density at radius 1 is 1.47 bits per heavy atom. The first-order chi connectivity index (χ1) is 8.18.